The number of carbonyl (C=O) groups excluding carboxylic acids is 2. The topological polar surface area (TPSA) is 117 Å². The Morgan fingerprint density at radius 3 is 2.53 bits per heavy atom. The molecule has 0 rings (SSSR count). The van der Waals surface area contributed by atoms with Crippen LogP contribution in [-0.4, -0.2) is 42.2 Å². The fourth-order valence-corrected chi connectivity index (χ4v) is 0.856. The molecule has 1 unspecified atom stereocenters. The van der Waals surface area contributed by atoms with Crippen molar-refractivity contribution in [1.82, 2.24) is 16.1 Å². The minimum absolute atomic E-state index is 0.319. The number of carboxylic acids is 1. The zero-order chi connectivity index (χ0) is 13.3. The Morgan fingerprint density at radius 1 is 1.35 bits per heavy atom. The summed E-state index contributed by atoms with van der Waals surface area (Å²) >= 11 is 0. The number of hydroxylamine groups is 1. The molecule has 8 heteroatoms. The molecule has 1 atom stereocenters. The van der Waals surface area contributed by atoms with Crippen LogP contribution in [0.15, 0.2) is 0 Å². The van der Waals surface area contributed by atoms with Crippen LogP contribution in [0.2, 0.25) is 0 Å². The number of amides is 3. The van der Waals surface area contributed by atoms with Gasteiger partial charge in [0.2, 0.25) is 5.91 Å². The molecule has 0 saturated heterocycles. The number of carbonyl (C=O) groups is 3. The van der Waals surface area contributed by atoms with Crippen molar-refractivity contribution in [2.75, 3.05) is 13.2 Å². The summed E-state index contributed by atoms with van der Waals surface area (Å²) in [5.74, 6) is -1.53. The Labute approximate surface area is 98.7 Å². The molecule has 8 nitrogen and oxygen atoms in total. The highest BCUT2D eigenvalue weighted by Gasteiger charge is 2.14. The molecule has 0 heterocycles. The van der Waals surface area contributed by atoms with E-state index in [4.69, 9.17) is 5.11 Å². The van der Waals surface area contributed by atoms with Crippen molar-refractivity contribution in [3.8, 4) is 0 Å². The lowest BCUT2D eigenvalue weighted by Gasteiger charge is -2.13. The predicted molar refractivity (Wildman–Crippen MR) is 58.0 cm³/mol. The van der Waals surface area contributed by atoms with Crippen molar-refractivity contribution in [2.45, 2.75) is 26.3 Å². The van der Waals surface area contributed by atoms with E-state index in [1.807, 2.05) is 12.4 Å². The summed E-state index contributed by atoms with van der Waals surface area (Å²) in [6.45, 7) is 3.29. The van der Waals surface area contributed by atoms with Gasteiger partial charge in [-0.25, -0.2) is 15.1 Å². The van der Waals surface area contributed by atoms with E-state index in [0.29, 0.717) is 6.54 Å². The molecule has 17 heavy (non-hydrogen) atoms. The zero-order valence-corrected chi connectivity index (χ0v) is 9.78. The second-order valence-corrected chi connectivity index (χ2v) is 3.27. The van der Waals surface area contributed by atoms with E-state index < -0.39 is 24.6 Å². The third-order valence-corrected chi connectivity index (χ3v) is 1.65. The number of urea groups is 1. The Kier molecular flexibility index (Phi) is 7.44. The number of hydrogen-bond acceptors (Lipinski definition) is 4. The summed E-state index contributed by atoms with van der Waals surface area (Å²) in [5.41, 5.74) is 1.84. The first-order valence-corrected chi connectivity index (χ1v) is 5.15. The average Bonchev–Trinajstić information content (AvgIpc) is 2.25. The van der Waals surface area contributed by atoms with Gasteiger partial charge in [0.25, 0.3) is 0 Å². The first-order valence-electron chi connectivity index (χ1n) is 5.15. The van der Waals surface area contributed by atoms with Gasteiger partial charge >= 0.3 is 12.0 Å². The summed E-state index contributed by atoms with van der Waals surface area (Å²) in [5, 5.41) is 13.1. The molecule has 3 amide bonds. The third-order valence-electron chi connectivity index (χ3n) is 1.65. The lowest BCUT2D eigenvalue weighted by atomic mass is 10.3. The van der Waals surface area contributed by atoms with E-state index in [2.05, 4.69) is 15.5 Å². The molecule has 0 spiro atoms. The quantitative estimate of drug-likeness (QED) is 0.440. The van der Waals surface area contributed by atoms with Crippen LogP contribution in [-0.2, 0) is 14.4 Å². The van der Waals surface area contributed by atoms with E-state index in [1.165, 1.54) is 6.92 Å². The van der Waals surface area contributed by atoms with Crippen LogP contribution in [0.25, 0.3) is 0 Å². The second kappa shape index (κ2) is 8.34. The van der Waals surface area contributed by atoms with E-state index >= 15 is 0 Å². The lowest BCUT2D eigenvalue weighted by molar-refractivity contribution is -0.144. The zero-order valence-electron chi connectivity index (χ0n) is 9.78. The number of hydrogen-bond donors (Lipinski definition) is 4. The van der Waals surface area contributed by atoms with Crippen molar-refractivity contribution in [2.24, 2.45) is 0 Å². The molecule has 0 aliphatic carbocycles. The van der Waals surface area contributed by atoms with Gasteiger partial charge in [-0.05, 0) is 13.3 Å². The first kappa shape index (κ1) is 15.2. The number of carboxylic acid groups (broad SMARTS) is 1. The number of rotatable bonds is 7. The minimum atomic E-state index is -1.21. The Balaban J connectivity index is 3.78. The summed E-state index contributed by atoms with van der Waals surface area (Å²) in [6.07, 6.45) is 0.798. The highest BCUT2D eigenvalue weighted by Crippen LogP contribution is 1.83. The summed E-state index contributed by atoms with van der Waals surface area (Å²) in [6, 6.07) is -1.50. The molecule has 0 radical (unpaired) electrons. The average molecular weight is 247 g/mol. The second-order valence-electron chi connectivity index (χ2n) is 3.27. The summed E-state index contributed by atoms with van der Waals surface area (Å²) in [4.78, 5) is 36.8. The van der Waals surface area contributed by atoms with Crippen molar-refractivity contribution >= 4 is 17.9 Å². The SMILES string of the molecule is CCCNC(=O)C(C)NC(=O)NOCC(=O)O. The van der Waals surface area contributed by atoms with Gasteiger partial charge in [0.05, 0.1) is 0 Å². The molecule has 0 aromatic carbocycles. The van der Waals surface area contributed by atoms with Gasteiger partial charge in [-0.3, -0.25) is 9.63 Å². The third kappa shape index (κ3) is 8.03. The predicted octanol–water partition coefficient (Wildman–Crippen LogP) is -0.783. The normalized spacial score (nSPS) is 11.4. The van der Waals surface area contributed by atoms with Gasteiger partial charge in [-0.15, -0.1) is 0 Å². The van der Waals surface area contributed by atoms with E-state index in [1.54, 1.807) is 0 Å². The summed E-state index contributed by atoms with van der Waals surface area (Å²) < 4.78 is 0. The largest absolute Gasteiger partial charge is 0.479 e. The standard InChI is InChI=1S/C9H17N3O5/c1-3-4-10-8(15)6(2)11-9(16)12-17-5-7(13)14/h6H,3-5H2,1-2H3,(H,10,15)(H,13,14)(H2,11,12,16). The van der Waals surface area contributed by atoms with Gasteiger partial charge in [0, 0.05) is 6.54 Å². The lowest BCUT2D eigenvalue weighted by Crippen LogP contribution is -2.48. The van der Waals surface area contributed by atoms with Crippen molar-refractivity contribution < 1.29 is 24.3 Å². The Morgan fingerprint density at radius 2 is 2.00 bits per heavy atom. The van der Waals surface area contributed by atoms with Crippen LogP contribution < -0.4 is 16.1 Å². The summed E-state index contributed by atoms with van der Waals surface area (Å²) in [7, 11) is 0. The van der Waals surface area contributed by atoms with Crippen molar-refractivity contribution in [3.63, 3.8) is 0 Å². The maximum atomic E-state index is 11.3. The molecule has 0 aliphatic rings. The van der Waals surface area contributed by atoms with Crippen LogP contribution in [0, 0.1) is 0 Å². The molecule has 98 valence electrons. The van der Waals surface area contributed by atoms with E-state index in [0.717, 1.165) is 6.42 Å². The van der Waals surface area contributed by atoms with Crippen LogP contribution in [0.5, 0.6) is 0 Å². The minimum Gasteiger partial charge on any atom is -0.479 e. The maximum absolute atomic E-state index is 11.3. The highest BCUT2D eigenvalue weighted by atomic mass is 16.7. The number of nitrogens with one attached hydrogen (secondary N) is 3. The maximum Gasteiger partial charge on any atom is 0.339 e. The molecule has 0 fully saturated rings. The molecule has 0 bridgehead atoms. The van der Waals surface area contributed by atoms with Crippen LogP contribution >= 0.6 is 0 Å². The molecule has 4 N–H and O–H groups in total. The van der Waals surface area contributed by atoms with Crippen LogP contribution in [0.1, 0.15) is 20.3 Å². The van der Waals surface area contributed by atoms with E-state index in [9.17, 15) is 14.4 Å². The molecule has 0 saturated carbocycles. The van der Waals surface area contributed by atoms with Crippen molar-refractivity contribution in [1.29, 1.82) is 0 Å². The molecular formula is C9H17N3O5. The molecule has 0 aliphatic heterocycles. The first-order chi connectivity index (χ1) is 7.97. The molecule has 0 aromatic heterocycles. The highest BCUT2D eigenvalue weighted by molar-refractivity contribution is 5.86. The van der Waals surface area contributed by atoms with Crippen molar-refractivity contribution in [3.05, 3.63) is 0 Å². The van der Waals surface area contributed by atoms with Crippen LogP contribution in [0.4, 0.5) is 4.79 Å². The van der Waals surface area contributed by atoms with Gasteiger partial charge in [0.1, 0.15) is 6.04 Å². The molecular weight excluding hydrogens is 230 g/mol. The Hall–Kier alpha value is -1.83. The van der Waals surface area contributed by atoms with E-state index in [-0.39, 0.29) is 5.91 Å². The van der Waals surface area contributed by atoms with Gasteiger partial charge in [-0.1, -0.05) is 6.92 Å². The smallest absolute Gasteiger partial charge is 0.339 e. The Bertz CT molecular complexity index is 282. The monoisotopic (exact) mass is 247 g/mol. The fraction of sp³-hybridized carbons (Fsp3) is 0.667. The van der Waals surface area contributed by atoms with Crippen LogP contribution in [0.3, 0.4) is 0 Å². The molecule has 0 aromatic rings. The fourth-order valence-electron chi connectivity index (χ4n) is 0.856. The van der Waals surface area contributed by atoms with Gasteiger partial charge < -0.3 is 15.7 Å². The number of aliphatic carboxylic acids is 1. The van der Waals surface area contributed by atoms with Gasteiger partial charge in [0.15, 0.2) is 6.61 Å². The van der Waals surface area contributed by atoms with Gasteiger partial charge in [-0.2, -0.15) is 0 Å².